The van der Waals surface area contributed by atoms with Crippen LogP contribution in [0.4, 0.5) is 10.5 Å². The van der Waals surface area contributed by atoms with Crippen LogP contribution in [0, 0.1) is 0 Å². The maximum absolute atomic E-state index is 13.1. The van der Waals surface area contributed by atoms with Gasteiger partial charge in [0.25, 0.3) is 6.01 Å². The number of morpholine rings is 1. The van der Waals surface area contributed by atoms with Gasteiger partial charge in [0.1, 0.15) is 23.7 Å². The van der Waals surface area contributed by atoms with Gasteiger partial charge in [-0.25, -0.2) is 4.79 Å². The van der Waals surface area contributed by atoms with Crippen LogP contribution in [0.15, 0.2) is 54.7 Å². The molecular weight excluding hydrogens is 647 g/mol. The van der Waals surface area contributed by atoms with Gasteiger partial charge >= 0.3 is 6.03 Å². The van der Waals surface area contributed by atoms with Crippen molar-refractivity contribution in [2.24, 2.45) is 0 Å². The molecule has 2 aromatic carbocycles. The van der Waals surface area contributed by atoms with Gasteiger partial charge < -0.3 is 29.3 Å². The number of amides is 3. The van der Waals surface area contributed by atoms with Crippen molar-refractivity contribution in [3.05, 3.63) is 76.0 Å². The molecule has 2 aromatic heterocycles. The molecule has 1 aliphatic rings. The highest BCUT2D eigenvalue weighted by Gasteiger charge is 2.26. The topological polar surface area (TPSA) is 128 Å². The lowest BCUT2D eigenvalue weighted by atomic mass is 10.1. The Hall–Kier alpha value is -4.39. The van der Waals surface area contributed by atoms with E-state index in [1.165, 1.54) is 4.90 Å². The molecule has 0 saturated carbocycles. The summed E-state index contributed by atoms with van der Waals surface area (Å²) in [5, 5.41) is 3.22. The standard InChI is InChI=1S/C33H36Cl2N6O6/c1-36-32(44)40-15-16-46-23(19-40)17-22(42)10-13-29(43)39(2)26-12-11-25(34)24(30(26)35)20-47-28-9-6-8-27-31(28)38-33(45-3)41(27)18-21-7-4-5-14-37-21/h4-9,11-12,14,23H,10,13,15-20H2,1-3H3,(H,36,44). The highest BCUT2D eigenvalue weighted by molar-refractivity contribution is 6.38. The number of rotatable bonds is 12. The zero-order valence-corrected chi connectivity index (χ0v) is 27.9. The molecule has 12 nitrogen and oxygen atoms in total. The number of benzene rings is 2. The molecule has 1 aliphatic heterocycles. The van der Waals surface area contributed by atoms with Crippen molar-refractivity contribution in [1.82, 2.24) is 24.8 Å². The van der Waals surface area contributed by atoms with E-state index in [-0.39, 0.29) is 48.6 Å². The Morgan fingerprint density at radius 1 is 1.11 bits per heavy atom. The molecule has 47 heavy (non-hydrogen) atoms. The number of halogens is 2. The number of ether oxygens (including phenoxy) is 3. The van der Waals surface area contributed by atoms with Crippen molar-refractivity contribution in [2.75, 3.05) is 45.8 Å². The highest BCUT2D eigenvalue weighted by atomic mass is 35.5. The van der Waals surface area contributed by atoms with E-state index in [0.717, 1.165) is 11.2 Å². The fourth-order valence-corrected chi connectivity index (χ4v) is 6.00. The maximum Gasteiger partial charge on any atom is 0.317 e. The Bertz CT molecular complexity index is 1750. The van der Waals surface area contributed by atoms with Crippen molar-refractivity contribution < 1.29 is 28.6 Å². The molecule has 0 bridgehead atoms. The van der Waals surface area contributed by atoms with Gasteiger partial charge in [0.05, 0.1) is 48.3 Å². The summed E-state index contributed by atoms with van der Waals surface area (Å²) >= 11 is 13.3. The largest absolute Gasteiger partial charge is 0.486 e. The van der Waals surface area contributed by atoms with Crippen LogP contribution in [0.5, 0.6) is 11.8 Å². The number of urea groups is 1. The monoisotopic (exact) mass is 682 g/mol. The number of Topliss-reactive ketones (excluding diaryl/α,β-unsaturated/α-hetero) is 1. The minimum Gasteiger partial charge on any atom is -0.486 e. The molecule has 1 unspecified atom stereocenters. The summed E-state index contributed by atoms with van der Waals surface area (Å²) in [6.07, 6.45) is 1.46. The number of carbonyl (C=O) groups excluding carboxylic acids is 3. The summed E-state index contributed by atoms with van der Waals surface area (Å²) in [5.74, 6) is 0.0859. The van der Waals surface area contributed by atoms with E-state index in [9.17, 15) is 14.4 Å². The second-order valence-corrected chi connectivity index (χ2v) is 11.8. The van der Waals surface area contributed by atoms with E-state index in [1.807, 2.05) is 34.9 Å². The highest BCUT2D eigenvalue weighted by Crippen LogP contribution is 2.36. The Kier molecular flexibility index (Phi) is 11.2. The van der Waals surface area contributed by atoms with Crippen LogP contribution in [0.2, 0.25) is 10.0 Å². The average molecular weight is 684 g/mol. The number of hydrogen-bond donors (Lipinski definition) is 1. The van der Waals surface area contributed by atoms with Gasteiger partial charge in [0.15, 0.2) is 0 Å². The fourth-order valence-electron chi connectivity index (χ4n) is 5.40. The summed E-state index contributed by atoms with van der Waals surface area (Å²) in [4.78, 5) is 49.8. The van der Waals surface area contributed by atoms with E-state index >= 15 is 0 Å². The lowest BCUT2D eigenvalue weighted by Gasteiger charge is -2.32. The van der Waals surface area contributed by atoms with Gasteiger partial charge in [-0.05, 0) is 36.4 Å². The number of para-hydroxylation sites is 1. The molecule has 14 heteroatoms. The smallest absolute Gasteiger partial charge is 0.317 e. The Morgan fingerprint density at radius 2 is 1.94 bits per heavy atom. The Labute approximate surface area is 282 Å². The van der Waals surface area contributed by atoms with Crippen molar-refractivity contribution in [3.8, 4) is 11.8 Å². The number of fused-ring (bicyclic) bond motifs is 1. The lowest BCUT2D eigenvalue weighted by molar-refractivity contribution is -0.126. The van der Waals surface area contributed by atoms with Gasteiger partial charge in [-0.2, -0.15) is 4.98 Å². The van der Waals surface area contributed by atoms with Gasteiger partial charge in [-0.1, -0.05) is 35.3 Å². The van der Waals surface area contributed by atoms with Crippen LogP contribution in [0.25, 0.3) is 11.0 Å². The molecule has 3 amide bonds. The summed E-state index contributed by atoms with van der Waals surface area (Å²) in [6.45, 7) is 1.60. The van der Waals surface area contributed by atoms with E-state index in [4.69, 9.17) is 37.4 Å². The van der Waals surface area contributed by atoms with Crippen LogP contribution in [0.1, 0.15) is 30.5 Å². The van der Waals surface area contributed by atoms with E-state index in [0.29, 0.717) is 59.8 Å². The van der Waals surface area contributed by atoms with Gasteiger partial charge in [0.2, 0.25) is 5.91 Å². The number of nitrogens with one attached hydrogen (secondary N) is 1. The Balaban J connectivity index is 1.24. The minimum absolute atomic E-state index is 0.00894. The van der Waals surface area contributed by atoms with E-state index in [2.05, 4.69) is 15.3 Å². The minimum atomic E-state index is -0.406. The van der Waals surface area contributed by atoms with Crippen molar-refractivity contribution in [2.45, 2.75) is 38.5 Å². The number of pyridine rings is 1. The number of imidazole rings is 1. The van der Waals surface area contributed by atoms with Gasteiger partial charge in [-0.3, -0.25) is 19.1 Å². The first-order chi connectivity index (χ1) is 22.7. The third-order valence-corrected chi connectivity index (χ3v) is 8.70. The van der Waals surface area contributed by atoms with Crippen molar-refractivity contribution in [1.29, 1.82) is 0 Å². The molecule has 5 rings (SSSR count). The molecule has 1 fully saturated rings. The third-order valence-electron chi connectivity index (χ3n) is 7.92. The lowest BCUT2D eigenvalue weighted by Crippen LogP contribution is -2.49. The number of carbonyl (C=O) groups is 3. The Morgan fingerprint density at radius 3 is 2.68 bits per heavy atom. The van der Waals surface area contributed by atoms with Crippen LogP contribution < -0.4 is 19.7 Å². The van der Waals surface area contributed by atoms with E-state index < -0.39 is 6.10 Å². The van der Waals surface area contributed by atoms with Crippen LogP contribution >= 0.6 is 23.2 Å². The zero-order chi connectivity index (χ0) is 33.5. The second kappa shape index (κ2) is 15.5. The molecule has 248 valence electrons. The first-order valence-electron chi connectivity index (χ1n) is 15.1. The molecule has 0 aliphatic carbocycles. The molecule has 0 spiro atoms. The quantitative estimate of drug-likeness (QED) is 0.218. The van der Waals surface area contributed by atoms with Crippen LogP contribution in [-0.4, -0.2) is 84.2 Å². The van der Waals surface area contributed by atoms with Crippen molar-refractivity contribution >= 4 is 57.6 Å². The fraction of sp³-hybridized carbons (Fsp3) is 0.364. The summed E-state index contributed by atoms with van der Waals surface area (Å²) in [5.41, 5.74) is 3.18. The normalized spacial score (nSPS) is 14.6. The first-order valence-corrected chi connectivity index (χ1v) is 15.8. The summed E-state index contributed by atoms with van der Waals surface area (Å²) in [7, 11) is 4.71. The molecule has 4 aromatic rings. The molecule has 3 heterocycles. The molecule has 0 radical (unpaired) electrons. The summed E-state index contributed by atoms with van der Waals surface area (Å²) < 4.78 is 19.3. The average Bonchev–Trinajstić information content (AvgIpc) is 3.44. The second-order valence-electron chi connectivity index (χ2n) is 11.0. The maximum atomic E-state index is 13.1. The van der Waals surface area contributed by atoms with Crippen LogP contribution in [0.3, 0.4) is 0 Å². The van der Waals surface area contributed by atoms with Crippen LogP contribution in [-0.2, 0) is 27.5 Å². The predicted octanol–water partition coefficient (Wildman–Crippen LogP) is 5.12. The van der Waals surface area contributed by atoms with E-state index in [1.54, 1.807) is 50.5 Å². The first kappa shape index (κ1) is 34.0. The molecule has 1 saturated heterocycles. The number of methoxy groups -OCH3 is 1. The number of anilines is 1. The predicted molar refractivity (Wildman–Crippen MR) is 178 cm³/mol. The number of aromatic nitrogens is 3. The van der Waals surface area contributed by atoms with Gasteiger partial charge in [-0.15, -0.1) is 0 Å². The van der Waals surface area contributed by atoms with Gasteiger partial charge in [0, 0.05) is 63.2 Å². The summed E-state index contributed by atoms with van der Waals surface area (Å²) in [6, 6.07) is 14.8. The SMILES string of the molecule is CNC(=O)N1CCOC(CC(=O)CCC(=O)N(C)c2ccc(Cl)c(COc3cccc4c3nc(OC)n4Cc3ccccn3)c2Cl)C1. The zero-order valence-electron chi connectivity index (χ0n) is 26.4. The molecule has 1 atom stereocenters. The van der Waals surface area contributed by atoms with Crippen molar-refractivity contribution in [3.63, 3.8) is 0 Å². The molecular formula is C33H36Cl2N6O6. The number of hydrogen-bond acceptors (Lipinski definition) is 8. The number of nitrogens with zero attached hydrogens (tertiary/aromatic N) is 5. The third kappa shape index (κ3) is 7.95. The number of ketones is 1. The molecule has 1 N–H and O–H groups in total.